The van der Waals surface area contributed by atoms with Gasteiger partial charge in [0, 0.05) is 16.8 Å². The van der Waals surface area contributed by atoms with Crippen molar-refractivity contribution in [1.29, 1.82) is 0 Å². The zero-order chi connectivity index (χ0) is 17.9. The van der Waals surface area contributed by atoms with E-state index < -0.39 is 5.92 Å². The quantitative estimate of drug-likeness (QED) is 0.723. The fraction of sp³-hybridized carbons (Fsp3) is 0.550. The van der Waals surface area contributed by atoms with Gasteiger partial charge in [-0.15, -0.1) is 0 Å². The van der Waals surface area contributed by atoms with Gasteiger partial charge in [0.25, 0.3) is 0 Å². The van der Waals surface area contributed by atoms with E-state index in [2.05, 4.69) is 15.9 Å². The van der Waals surface area contributed by atoms with E-state index in [-0.39, 0.29) is 35.4 Å². The van der Waals surface area contributed by atoms with Crippen molar-refractivity contribution in [3.05, 3.63) is 27.7 Å². The molecule has 4 aliphatic rings. The minimum Gasteiger partial charge on any atom is -0.299 e. The van der Waals surface area contributed by atoms with Gasteiger partial charge in [0.05, 0.1) is 17.5 Å². The number of rotatable bonds is 3. The summed E-state index contributed by atoms with van der Waals surface area (Å²) in [5.74, 6) is -0.958. The fourth-order valence-electron chi connectivity index (χ4n) is 5.15. The summed E-state index contributed by atoms with van der Waals surface area (Å²) in [7, 11) is 0. The van der Waals surface area contributed by atoms with Crippen LogP contribution in [-0.2, 0) is 27.2 Å². The monoisotopic (exact) mass is 403 g/mol. The highest BCUT2D eigenvalue weighted by Crippen LogP contribution is 2.52. The number of halogens is 1. The normalized spacial score (nSPS) is 31.0. The average Bonchev–Trinajstić information content (AvgIpc) is 2.87. The van der Waals surface area contributed by atoms with E-state index in [4.69, 9.17) is 0 Å². The molecule has 5 heteroatoms. The Morgan fingerprint density at radius 1 is 1.00 bits per heavy atom. The van der Waals surface area contributed by atoms with Gasteiger partial charge in [0.15, 0.2) is 0 Å². The van der Waals surface area contributed by atoms with Crippen molar-refractivity contribution in [3.8, 4) is 0 Å². The summed E-state index contributed by atoms with van der Waals surface area (Å²) in [6.07, 6.45) is 3.63. The van der Waals surface area contributed by atoms with Crippen LogP contribution in [0, 0.1) is 23.7 Å². The first-order valence-electron chi connectivity index (χ1n) is 9.19. The van der Waals surface area contributed by atoms with Crippen LogP contribution < -0.4 is 4.90 Å². The minimum absolute atomic E-state index is 0.0505. The third-order valence-electron chi connectivity index (χ3n) is 6.28. The number of anilines is 1. The molecule has 4 atom stereocenters. The number of benzene rings is 1. The Balaban J connectivity index is 1.84. The number of hydrogen-bond donors (Lipinski definition) is 0. The standard InChI is InChI=1S/C20H22BrNO3/c1-3-10-7-13(21)8-11(4-2)18(10)22-19(24)16-12-5-6-14(15(23)9-12)17(16)20(22)25/h7-8,12,14,16-17H,3-6,9H2,1-2H3/t12-,14+,16+,17-/m1/s1. The van der Waals surface area contributed by atoms with Crippen molar-refractivity contribution in [2.24, 2.45) is 23.7 Å². The molecular formula is C20H22BrNO3. The summed E-state index contributed by atoms with van der Waals surface area (Å²) < 4.78 is 0.969. The van der Waals surface area contributed by atoms with Crippen molar-refractivity contribution in [1.82, 2.24) is 0 Å². The molecule has 3 aliphatic carbocycles. The summed E-state index contributed by atoms with van der Waals surface area (Å²) in [5.41, 5.74) is 2.78. The molecular weight excluding hydrogens is 382 g/mol. The first-order chi connectivity index (χ1) is 12.0. The number of carbonyl (C=O) groups excluding carboxylic acids is 3. The van der Waals surface area contributed by atoms with E-state index in [0.29, 0.717) is 6.42 Å². The van der Waals surface area contributed by atoms with Gasteiger partial charge < -0.3 is 0 Å². The smallest absolute Gasteiger partial charge is 0.238 e. The average molecular weight is 404 g/mol. The summed E-state index contributed by atoms with van der Waals surface area (Å²) in [6.45, 7) is 4.08. The number of aryl methyl sites for hydroxylation is 2. The van der Waals surface area contributed by atoms with E-state index in [0.717, 1.165) is 47.0 Å². The molecule has 0 aromatic heterocycles. The van der Waals surface area contributed by atoms with Gasteiger partial charge in [-0.1, -0.05) is 29.8 Å². The van der Waals surface area contributed by atoms with Gasteiger partial charge >= 0.3 is 0 Å². The molecule has 1 aromatic carbocycles. The topological polar surface area (TPSA) is 54.5 Å². The van der Waals surface area contributed by atoms with Crippen LogP contribution in [-0.4, -0.2) is 17.6 Å². The highest BCUT2D eigenvalue weighted by Gasteiger charge is 2.61. The lowest BCUT2D eigenvalue weighted by Crippen LogP contribution is -2.46. The first-order valence-corrected chi connectivity index (χ1v) is 9.99. The molecule has 4 nitrogen and oxygen atoms in total. The van der Waals surface area contributed by atoms with Gasteiger partial charge in [-0.3, -0.25) is 14.4 Å². The highest BCUT2D eigenvalue weighted by molar-refractivity contribution is 9.10. The second-order valence-corrected chi connectivity index (χ2v) is 8.37. The summed E-state index contributed by atoms with van der Waals surface area (Å²) in [6, 6.07) is 3.99. The lowest BCUT2D eigenvalue weighted by Gasteiger charge is -2.41. The Bertz CT molecular complexity index is 762. The molecule has 0 spiro atoms. The van der Waals surface area contributed by atoms with Crippen molar-refractivity contribution in [2.75, 3.05) is 4.90 Å². The maximum absolute atomic E-state index is 13.3. The van der Waals surface area contributed by atoms with Gasteiger partial charge in [0.1, 0.15) is 5.78 Å². The molecule has 1 heterocycles. The Kier molecular flexibility index (Phi) is 4.10. The van der Waals surface area contributed by atoms with E-state index in [1.807, 2.05) is 26.0 Å². The fourth-order valence-corrected chi connectivity index (χ4v) is 5.70. The van der Waals surface area contributed by atoms with E-state index in [1.165, 1.54) is 4.90 Å². The van der Waals surface area contributed by atoms with Gasteiger partial charge in [-0.05, 0) is 54.9 Å². The van der Waals surface area contributed by atoms with Gasteiger partial charge in [0.2, 0.25) is 11.8 Å². The number of fused-ring (bicyclic) bond motifs is 2. The van der Waals surface area contributed by atoms with Crippen LogP contribution >= 0.6 is 15.9 Å². The highest BCUT2D eigenvalue weighted by atomic mass is 79.9. The van der Waals surface area contributed by atoms with Crippen molar-refractivity contribution in [3.63, 3.8) is 0 Å². The minimum atomic E-state index is -0.425. The molecule has 2 bridgehead atoms. The Hall–Kier alpha value is -1.49. The van der Waals surface area contributed by atoms with E-state index in [1.54, 1.807) is 0 Å². The predicted octanol–water partition coefficient (Wildman–Crippen LogP) is 3.68. The SMILES string of the molecule is CCc1cc(Br)cc(CC)c1N1C(=O)[C@H]2[C@@H]3CC[C@@H](C(=O)C3)[C@H]2C1=O. The molecule has 0 radical (unpaired) electrons. The number of amides is 2. The molecule has 0 unspecified atom stereocenters. The van der Waals surface area contributed by atoms with Crippen LogP contribution in [0.3, 0.4) is 0 Å². The van der Waals surface area contributed by atoms with Crippen molar-refractivity contribution >= 4 is 39.2 Å². The van der Waals surface area contributed by atoms with Crippen LogP contribution in [0.15, 0.2) is 16.6 Å². The summed E-state index contributed by atoms with van der Waals surface area (Å²) in [4.78, 5) is 40.2. The Morgan fingerprint density at radius 3 is 2.16 bits per heavy atom. The summed E-state index contributed by atoms with van der Waals surface area (Å²) in [5, 5.41) is 0. The number of Topliss-reactive ketones (excluding diaryl/α,β-unsaturated/α-hetero) is 1. The van der Waals surface area contributed by atoms with Gasteiger partial charge in [-0.25, -0.2) is 4.90 Å². The van der Waals surface area contributed by atoms with Crippen LogP contribution in [0.4, 0.5) is 5.69 Å². The number of ketones is 1. The maximum Gasteiger partial charge on any atom is 0.238 e. The van der Waals surface area contributed by atoms with Crippen LogP contribution in [0.25, 0.3) is 0 Å². The number of nitrogens with zero attached hydrogens (tertiary/aromatic N) is 1. The largest absolute Gasteiger partial charge is 0.299 e. The second kappa shape index (κ2) is 6.04. The second-order valence-electron chi connectivity index (χ2n) is 7.46. The number of carbonyl (C=O) groups is 3. The molecule has 1 aliphatic heterocycles. The van der Waals surface area contributed by atoms with Crippen LogP contribution in [0.2, 0.25) is 0 Å². The molecule has 25 heavy (non-hydrogen) atoms. The third-order valence-corrected chi connectivity index (χ3v) is 6.74. The molecule has 1 saturated heterocycles. The molecule has 1 aromatic rings. The molecule has 2 amide bonds. The van der Waals surface area contributed by atoms with Crippen LogP contribution in [0.5, 0.6) is 0 Å². The van der Waals surface area contributed by atoms with E-state index >= 15 is 0 Å². The number of imide groups is 1. The zero-order valence-corrected chi connectivity index (χ0v) is 16.1. The lowest BCUT2D eigenvalue weighted by atomic mass is 9.59. The third kappa shape index (κ3) is 2.35. The van der Waals surface area contributed by atoms with Crippen molar-refractivity contribution in [2.45, 2.75) is 46.0 Å². The zero-order valence-electron chi connectivity index (χ0n) is 14.5. The molecule has 3 saturated carbocycles. The van der Waals surface area contributed by atoms with Crippen LogP contribution in [0.1, 0.15) is 44.2 Å². The molecule has 5 rings (SSSR count). The van der Waals surface area contributed by atoms with Gasteiger partial charge in [-0.2, -0.15) is 0 Å². The molecule has 0 N–H and O–H groups in total. The van der Waals surface area contributed by atoms with Crippen molar-refractivity contribution < 1.29 is 14.4 Å². The Morgan fingerprint density at radius 2 is 1.60 bits per heavy atom. The number of hydrogen-bond acceptors (Lipinski definition) is 3. The Labute approximate surface area is 156 Å². The predicted molar refractivity (Wildman–Crippen MR) is 98.2 cm³/mol. The lowest BCUT2D eigenvalue weighted by molar-refractivity contribution is -0.143. The molecule has 132 valence electrons. The first kappa shape index (κ1) is 17.0. The summed E-state index contributed by atoms with van der Waals surface area (Å²) >= 11 is 3.53. The molecule has 4 fully saturated rings. The van der Waals surface area contributed by atoms with E-state index in [9.17, 15) is 14.4 Å². The maximum atomic E-state index is 13.3.